The molecule has 0 radical (unpaired) electrons. The Morgan fingerprint density at radius 1 is 1.27 bits per heavy atom. The van der Waals surface area contributed by atoms with E-state index < -0.39 is 17.3 Å². The molecule has 2 fully saturated rings. The summed E-state index contributed by atoms with van der Waals surface area (Å²) in [5, 5.41) is 4.35. The van der Waals surface area contributed by atoms with Gasteiger partial charge in [-0.25, -0.2) is 4.68 Å². The highest BCUT2D eigenvalue weighted by molar-refractivity contribution is 5.75. The van der Waals surface area contributed by atoms with Crippen molar-refractivity contribution in [1.82, 2.24) is 19.7 Å². The largest absolute Gasteiger partial charge is 0.418 e. The van der Waals surface area contributed by atoms with Gasteiger partial charge in [0.05, 0.1) is 30.5 Å². The van der Waals surface area contributed by atoms with E-state index >= 15 is 0 Å². The molecule has 1 atom stereocenters. The Balaban J connectivity index is 1.60. The van der Waals surface area contributed by atoms with Crippen LogP contribution in [-0.4, -0.2) is 45.5 Å². The Labute approximate surface area is 169 Å². The van der Waals surface area contributed by atoms with E-state index in [0.717, 1.165) is 17.5 Å². The van der Waals surface area contributed by atoms with Crippen molar-refractivity contribution < 1.29 is 17.9 Å². The summed E-state index contributed by atoms with van der Waals surface area (Å²) < 4.78 is 47.7. The third-order valence-corrected chi connectivity index (χ3v) is 5.64. The highest BCUT2D eigenvalue weighted by Gasteiger charge is 2.36. The van der Waals surface area contributed by atoms with E-state index in [4.69, 9.17) is 4.74 Å². The quantitative estimate of drug-likeness (QED) is 0.706. The minimum atomic E-state index is -4.54. The fourth-order valence-corrected chi connectivity index (χ4v) is 3.86. The van der Waals surface area contributed by atoms with Crippen LogP contribution >= 0.6 is 0 Å². The highest BCUT2D eigenvalue weighted by Crippen LogP contribution is 2.43. The molecule has 30 heavy (non-hydrogen) atoms. The van der Waals surface area contributed by atoms with Crippen LogP contribution in [0, 0.1) is 0 Å². The van der Waals surface area contributed by atoms with Crippen LogP contribution in [0.1, 0.15) is 36.8 Å². The van der Waals surface area contributed by atoms with Gasteiger partial charge in [-0.2, -0.15) is 18.2 Å². The van der Waals surface area contributed by atoms with Gasteiger partial charge in [0.1, 0.15) is 5.39 Å². The molecule has 1 saturated heterocycles. The van der Waals surface area contributed by atoms with E-state index in [9.17, 15) is 18.0 Å². The highest BCUT2D eigenvalue weighted by atomic mass is 19.4. The number of rotatable bonds is 3. The Hall–Kier alpha value is -2.88. The van der Waals surface area contributed by atoms with E-state index in [1.807, 2.05) is 11.8 Å². The second-order valence-electron chi connectivity index (χ2n) is 7.87. The number of H-pyrrole nitrogens is 1. The molecule has 1 saturated carbocycles. The summed E-state index contributed by atoms with van der Waals surface area (Å²) in [6.45, 7) is 3.50. The van der Waals surface area contributed by atoms with Crippen molar-refractivity contribution in [1.29, 1.82) is 0 Å². The van der Waals surface area contributed by atoms with Crippen LogP contribution < -0.4 is 10.5 Å². The first-order chi connectivity index (χ1) is 14.3. The van der Waals surface area contributed by atoms with E-state index in [0.29, 0.717) is 31.3 Å². The second-order valence-corrected chi connectivity index (χ2v) is 7.87. The van der Waals surface area contributed by atoms with E-state index in [1.54, 1.807) is 6.07 Å². The third-order valence-electron chi connectivity index (χ3n) is 5.64. The van der Waals surface area contributed by atoms with Crippen LogP contribution in [0.3, 0.4) is 0 Å². The number of morpholine rings is 1. The van der Waals surface area contributed by atoms with Gasteiger partial charge < -0.3 is 9.64 Å². The molecule has 5 rings (SSSR count). The van der Waals surface area contributed by atoms with Crippen molar-refractivity contribution in [2.45, 2.75) is 37.9 Å². The molecule has 1 aliphatic carbocycles. The normalized spacial score (nSPS) is 20.1. The van der Waals surface area contributed by atoms with Crippen molar-refractivity contribution in [2.75, 3.05) is 24.7 Å². The van der Waals surface area contributed by atoms with Crippen LogP contribution in [0.2, 0.25) is 0 Å². The van der Waals surface area contributed by atoms with Crippen LogP contribution in [0.25, 0.3) is 16.7 Å². The van der Waals surface area contributed by atoms with Gasteiger partial charge in [0.15, 0.2) is 5.65 Å². The molecular formula is C20H20F3N5O2. The molecule has 1 unspecified atom stereocenters. The minimum absolute atomic E-state index is 0.00763. The molecule has 1 aliphatic heterocycles. The van der Waals surface area contributed by atoms with Crippen LogP contribution in [-0.2, 0) is 10.9 Å². The van der Waals surface area contributed by atoms with E-state index in [1.165, 1.54) is 18.3 Å². The van der Waals surface area contributed by atoms with Gasteiger partial charge in [-0.1, -0.05) is 6.07 Å². The Morgan fingerprint density at radius 3 is 2.77 bits per heavy atom. The maximum Gasteiger partial charge on any atom is 0.418 e. The lowest BCUT2D eigenvalue weighted by molar-refractivity contribution is -0.137. The van der Waals surface area contributed by atoms with Gasteiger partial charge in [-0.15, -0.1) is 5.10 Å². The summed E-state index contributed by atoms with van der Waals surface area (Å²) in [7, 11) is 0. The van der Waals surface area contributed by atoms with Crippen molar-refractivity contribution in [3.8, 4) is 5.69 Å². The summed E-state index contributed by atoms with van der Waals surface area (Å²) in [5.74, 6) is 0.535. The number of ether oxygens (including phenoxy) is 1. The number of hydrogen-bond donors (Lipinski definition) is 1. The first-order valence-electron chi connectivity index (χ1n) is 9.87. The fraction of sp³-hybridized carbons (Fsp3) is 0.450. The number of alkyl halides is 3. The molecule has 2 aliphatic rings. The van der Waals surface area contributed by atoms with Crippen molar-refractivity contribution in [3.63, 3.8) is 0 Å². The third kappa shape index (κ3) is 3.34. The summed E-state index contributed by atoms with van der Waals surface area (Å²) in [5.41, 5.74) is -0.541. The number of aromatic amines is 1. The zero-order valence-corrected chi connectivity index (χ0v) is 16.2. The molecule has 2 aromatic heterocycles. The number of aromatic nitrogens is 4. The van der Waals surface area contributed by atoms with Gasteiger partial charge in [0, 0.05) is 12.7 Å². The van der Waals surface area contributed by atoms with Crippen LogP contribution in [0.4, 0.5) is 19.1 Å². The molecular weight excluding hydrogens is 399 g/mol. The molecule has 158 valence electrons. The summed E-state index contributed by atoms with van der Waals surface area (Å²) in [6, 6.07) is 4.32. The molecule has 3 heterocycles. The van der Waals surface area contributed by atoms with Gasteiger partial charge >= 0.3 is 6.18 Å². The molecule has 3 aromatic rings. The zero-order valence-electron chi connectivity index (χ0n) is 16.2. The predicted octanol–water partition coefficient (Wildman–Crippen LogP) is 3.23. The maximum atomic E-state index is 13.7. The SMILES string of the molecule is CC1COCCN1c1nc2nn(-c3ccc(C4CC4)cc3C(F)(F)F)cc2c(=O)[nH]1. The average Bonchev–Trinajstić information content (AvgIpc) is 3.46. The minimum Gasteiger partial charge on any atom is -0.377 e. The Kier molecular flexibility index (Phi) is 4.35. The fourth-order valence-electron chi connectivity index (χ4n) is 3.86. The smallest absolute Gasteiger partial charge is 0.377 e. The monoisotopic (exact) mass is 419 g/mol. The van der Waals surface area contributed by atoms with Crippen LogP contribution in [0.15, 0.2) is 29.2 Å². The zero-order chi connectivity index (χ0) is 21.0. The maximum absolute atomic E-state index is 13.7. The summed E-state index contributed by atoms with van der Waals surface area (Å²) in [6.07, 6.45) is -1.42. The molecule has 10 heteroatoms. The summed E-state index contributed by atoms with van der Waals surface area (Å²) >= 11 is 0. The molecule has 0 spiro atoms. The summed E-state index contributed by atoms with van der Waals surface area (Å²) in [4.78, 5) is 21.6. The lowest BCUT2D eigenvalue weighted by atomic mass is 10.0. The second kappa shape index (κ2) is 6.83. The Morgan fingerprint density at radius 2 is 2.07 bits per heavy atom. The molecule has 1 N–H and O–H groups in total. The topological polar surface area (TPSA) is 76.0 Å². The first kappa shape index (κ1) is 19.1. The molecule has 0 bridgehead atoms. The van der Waals surface area contributed by atoms with Gasteiger partial charge in [0.25, 0.3) is 5.56 Å². The molecule has 7 nitrogen and oxygen atoms in total. The number of benzene rings is 1. The lowest BCUT2D eigenvalue weighted by Gasteiger charge is -2.33. The Bertz CT molecular complexity index is 1170. The van der Waals surface area contributed by atoms with Crippen molar-refractivity contribution >= 4 is 17.0 Å². The van der Waals surface area contributed by atoms with E-state index in [2.05, 4.69) is 15.1 Å². The van der Waals surface area contributed by atoms with Crippen molar-refractivity contribution in [2.24, 2.45) is 0 Å². The van der Waals surface area contributed by atoms with Gasteiger partial charge in [-0.05, 0) is 43.4 Å². The number of nitrogens with one attached hydrogen (secondary N) is 1. The average molecular weight is 419 g/mol. The van der Waals surface area contributed by atoms with Crippen molar-refractivity contribution in [3.05, 3.63) is 45.9 Å². The predicted molar refractivity (Wildman–Crippen MR) is 104 cm³/mol. The molecule has 0 amide bonds. The number of fused-ring (bicyclic) bond motifs is 1. The number of hydrogen-bond acceptors (Lipinski definition) is 5. The number of anilines is 1. The van der Waals surface area contributed by atoms with Gasteiger partial charge in [-0.3, -0.25) is 9.78 Å². The van der Waals surface area contributed by atoms with Crippen LogP contribution in [0.5, 0.6) is 0 Å². The first-order valence-corrected chi connectivity index (χ1v) is 9.87. The van der Waals surface area contributed by atoms with E-state index in [-0.39, 0.29) is 28.7 Å². The molecule has 1 aromatic carbocycles. The number of nitrogens with zero attached hydrogens (tertiary/aromatic N) is 4. The standard InChI is InChI=1S/C20H20F3N5O2/c1-11-10-30-7-6-27(11)19-24-17-14(18(29)25-19)9-28(26-17)16-5-4-13(12-2-3-12)8-15(16)20(21,22)23/h4-5,8-9,11-12H,2-3,6-7,10H2,1H3,(H,24,25,26,29). The van der Waals surface area contributed by atoms with Gasteiger partial charge in [0.2, 0.25) is 5.95 Å². The number of halogens is 3. The lowest BCUT2D eigenvalue weighted by Crippen LogP contribution is -2.45.